The van der Waals surface area contributed by atoms with Crippen LogP contribution in [0, 0.1) is 124 Å². The van der Waals surface area contributed by atoms with E-state index < -0.39 is 154 Å². The van der Waals surface area contributed by atoms with E-state index in [1.165, 1.54) is 0 Å². The van der Waals surface area contributed by atoms with Crippen LogP contribution in [0.15, 0.2) is 0 Å². The average molecular weight is 867 g/mol. The van der Waals surface area contributed by atoms with Crippen LogP contribution in [0.1, 0.15) is 86.0 Å². The van der Waals surface area contributed by atoms with E-state index in [0.717, 1.165) is 0 Å². The molecule has 0 amide bonds. The summed E-state index contributed by atoms with van der Waals surface area (Å²) in [6.45, 7) is 8.96. The summed E-state index contributed by atoms with van der Waals surface area (Å²) in [6.07, 6.45) is 3.33. The van der Waals surface area contributed by atoms with Crippen molar-refractivity contribution in [2.24, 2.45) is 124 Å². The first-order valence-electron chi connectivity index (χ1n) is 22.8. The first-order valence-corrected chi connectivity index (χ1v) is 22.8. The number of unbranched alkanes of at least 4 members (excludes halogenated alkanes) is 1. The predicted molar refractivity (Wildman–Crippen MR) is 206 cm³/mol. The first kappa shape index (κ1) is 43.1. The lowest BCUT2D eigenvalue weighted by molar-refractivity contribution is -0.165. The fourth-order valence-corrected chi connectivity index (χ4v) is 15.7. The molecule has 338 valence electrons. The summed E-state index contributed by atoms with van der Waals surface area (Å²) in [5, 5.41) is 19.6. The van der Waals surface area contributed by atoms with Crippen LogP contribution in [-0.4, -0.2) is 82.8 Å². The zero-order valence-corrected chi connectivity index (χ0v) is 35.8. The Hall–Kier alpha value is -4.21. The molecular formula is C46H58O16. The lowest BCUT2D eigenvalue weighted by Gasteiger charge is -2.45. The fourth-order valence-electron chi connectivity index (χ4n) is 15.7. The van der Waals surface area contributed by atoms with Crippen molar-refractivity contribution in [2.75, 3.05) is 13.2 Å². The number of cyclic esters (lactones) is 6. The molecule has 9 rings (SSSR count). The van der Waals surface area contributed by atoms with Gasteiger partial charge in [0.1, 0.15) is 5.60 Å². The second-order valence-electron chi connectivity index (χ2n) is 21.4. The van der Waals surface area contributed by atoms with Crippen LogP contribution in [0.25, 0.3) is 0 Å². The van der Waals surface area contributed by atoms with E-state index in [-0.39, 0.29) is 49.3 Å². The van der Waals surface area contributed by atoms with E-state index >= 15 is 0 Å². The van der Waals surface area contributed by atoms with Crippen LogP contribution in [0.2, 0.25) is 0 Å². The summed E-state index contributed by atoms with van der Waals surface area (Å²) in [4.78, 5) is 124. The highest BCUT2D eigenvalue weighted by molar-refractivity contribution is 5.99. The summed E-state index contributed by atoms with van der Waals surface area (Å²) in [5.41, 5.74) is -0.737. The summed E-state index contributed by atoms with van der Waals surface area (Å²) in [6, 6.07) is 0. The lowest BCUT2D eigenvalue weighted by Crippen LogP contribution is -2.50. The standard InChI is InChI=1S/C46H58O16/c1-16-18-10-22(26(11-18)40(52)62-46(3,4)5)27(16)33-34(43(55)60-42(33)54)30-20-13-23(25(15-20)39(51)58-9-7-6-8-47)32(30)36-35(44(56)61-45(36)57)29-19-12-21(24(14-19)37(48)49)31(29)28-17(2)38(50)59-41(28)53/h16-36,47H,6-15H2,1-5H3,(H,48,49). The molecule has 9 fully saturated rings. The van der Waals surface area contributed by atoms with Gasteiger partial charge in [-0.3, -0.25) is 43.2 Å². The molecular weight excluding hydrogens is 808 g/mol. The summed E-state index contributed by atoms with van der Waals surface area (Å²) >= 11 is 0. The van der Waals surface area contributed by atoms with Gasteiger partial charge in [-0.15, -0.1) is 0 Å². The van der Waals surface area contributed by atoms with Gasteiger partial charge in [0.2, 0.25) is 0 Å². The third-order valence-electron chi connectivity index (χ3n) is 17.6. The number of aliphatic hydroxyl groups is 1. The molecule has 0 radical (unpaired) electrons. The van der Waals surface area contributed by atoms with E-state index in [1.54, 1.807) is 27.7 Å². The predicted octanol–water partition coefficient (Wildman–Crippen LogP) is 3.38. The van der Waals surface area contributed by atoms with Crippen LogP contribution in [0.5, 0.6) is 0 Å². The maximum atomic E-state index is 14.5. The highest BCUT2D eigenvalue weighted by Crippen LogP contribution is 2.69. The van der Waals surface area contributed by atoms with Gasteiger partial charge in [0.15, 0.2) is 0 Å². The van der Waals surface area contributed by atoms with E-state index in [2.05, 4.69) is 0 Å². The zero-order chi connectivity index (χ0) is 44.4. The Bertz CT molecular complexity index is 1970. The molecule has 0 spiro atoms. The number of carbonyl (C=O) groups is 9. The molecule has 16 heteroatoms. The Labute approximate surface area is 359 Å². The van der Waals surface area contributed by atoms with E-state index in [4.69, 9.17) is 23.7 Å². The molecule has 0 aromatic carbocycles. The van der Waals surface area contributed by atoms with Crippen molar-refractivity contribution in [3.63, 3.8) is 0 Å². The van der Waals surface area contributed by atoms with Gasteiger partial charge < -0.3 is 33.9 Å². The molecule has 0 aromatic rings. The zero-order valence-electron chi connectivity index (χ0n) is 35.8. The third-order valence-corrected chi connectivity index (χ3v) is 17.6. The number of aliphatic hydroxyl groups excluding tert-OH is 1. The van der Waals surface area contributed by atoms with E-state index in [9.17, 15) is 53.4 Å². The molecule has 21 atom stereocenters. The van der Waals surface area contributed by atoms with Gasteiger partial charge >= 0.3 is 53.7 Å². The van der Waals surface area contributed by atoms with Crippen molar-refractivity contribution in [2.45, 2.75) is 91.6 Å². The monoisotopic (exact) mass is 866 g/mol. The lowest BCUT2D eigenvalue weighted by atomic mass is 9.54. The van der Waals surface area contributed by atoms with Crippen molar-refractivity contribution < 1.29 is 77.0 Å². The Morgan fingerprint density at radius 1 is 0.565 bits per heavy atom. The molecule has 9 aliphatic rings. The first-order chi connectivity index (χ1) is 29.3. The van der Waals surface area contributed by atoms with Crippen LogP contribution >= 0.6 is 0 Å². The molecule has 3 saturated heterocycles. The van der Waals surface area contributed by atoms with E-state index in [0.29, 0.717) is 44.9 Å². The Morgan fingerprint density at radius 3 is 1.52 bits per heavy atom. The normalized spacial score (nSPS) is 46.5. The number of hydrogen-bond acceptors (Lipinski definition) is 15. The molecule has 16 nitrogen and oxygen atoms in total. The van der Waals surface area contributed by atoms with Gasteiger partial charge in [-0.05, 0) is 143 Å². The summed E-state index contributed by atoms with van der Waals surface area (Å²) in [7, 11) is 0. The Balaban J connectivity index is 1.11. The highest BCUT2D eigenvalue weighted by atomic mass is 16.6. The Kier molecular flexibility index (Phi) is 10.8. The van der Waals surface area contributed by atoms with Gasteiger partial charge in [0.25, 0.3) is 0 Å². The number of hydrogen-bond donors (Lipinski definition) is 2. The number of carboxylic acid groups (broad SMARTS) is 1. The van der Waals surface area contributed by atoms with Crippen LogP contribution < -0.4 is 0 Å². The van der Waals surface area contributed by atoms with Gasteiger partial charge in [-0.25, -0.2) is 0 Å². The van der Waals surface area contributed by atoms with Crippen LogP contribution in [-0.2, 0) is 66.8 Å². The van der Waals surface area contributed by atoms with Crippen molar-refractivity contribution in [3.05, 3.63) is 0 Å². The minimum absolute atomic E-state index is 0.0538. The maximum Gasteiger partial charge on any atom is 0.317 e. The van der Waals surface area contributed by atoms with Crippen molar-refractivity contribution in [3.8, 4) is 0 Å². The molecule has 2 N–H and O–H groups in total. The number of esters is 8. The number of carboxylic acids is 1. The second-order valence-corrected chi connectivity index (χ2v) is 21.4. The molecule has 0 aromatic heterocycles. The third kappa shape index (κ3) is 6.64. The van der Waals surface area contributed by atoms with Crippen molar-refractivity contribution in [1.29, 1.82) is 0 Å². The van der Waals surface area contributed by atoms with Crippen molar-refractivity contribution in [1.82, 2.24) is 0 Å². The molecule has 6 bridgehead atoms. The number of carbonyl (C=O) groups excluding carboxylic acids is 8. The second kappa shape index (κ2) is 15.5. The molecule has 21 unspecified atom stereocenters. The summed E-state index contributed by atoms with van der Waals surface area (Å²) in [5.74, 6) is -20.9. The average Bonchev–Trinajstić information content (AvgIpc) is 4.07. The number of aliphatic carboxylic acids is 1. The smallest absolute Gasteiger partial charge is 0.317 e. The Morgan fingerprint density at radius 2 is 1.00 bits per heavy atom. The molecule has 62 heavy (non-hydrogen) atoms. The molecule has 6 aliphatic carbocycles. The number of ether oxygens (including phenoxy) is 5. The quantitative estimate of drug-likeness (QED) is 0.124. The molecule has 3 heterocycles. The SMILES string of the molecule is CC1C(=O)OC(=O)C1C1C2CC(CC2C(=O)O)C1C1C(=O)OC(=O)C1C1C2CC(CC2C(=O)OCCCCO)C1C1C(=O)OC(=O)C1C1C(C)C2CC(C(=O)OC(C)(C)C)C1C2. The maximum absolute atomic E-state index is 14.5. The minimum Gasteiger partial charge on any atom is -0.481 e. The van der Waals surface area contributed by atoms with Gasteiger partial charge in [0, 0.05) is 6.61 Å². The fraction of sp³-hybridized carbons (Fsp3) is 0.804. The summed E-state index contributed by atoms with van der Waals surface area (Å²) < 4.78 is 27.7. The topological polar surface area (TPSA) is 240 Å². The molecule has 3 aliphatic heterocycles. The van der Waals surface area contributed by atoms with Gasteiger partial charge in [0.05, 0.1) is 59.9 Å². The number of fused-ring (bicyclic) bond motifs is 6. The largest absolute Gasteiger partial charge is 0.481 e. The number of rotatable bonds is 12. The van der Waals surface area contributed by atoms with Crippen LogP contribution in [0.4, 0.5) is 0 Å². The minimum atomic E-state index is -1.23. The van der Waals surface area contributed by atoms with Crippen molar-refractivity contribution >= 4 is 53.7 Å². The van der Waals surface area contributed by atoms with E-state index in [1.807, 2.05) is 6.92 Å². The van der Waals surface area contributed by atoms with Gasteiger partial charge in [-0.2, -0.15) is 0 Å². The highest BCUT2D eigenvalue weighted by Gasteiger charge is 2.73. The van der Waals surface area contributed by atoms with Crippen LogP contribution in [0.3, 0.4) is 0 Å². The van der Waals surface area contributed by atoms with Gasteiger partial charge in [-0.1, -0.05) is 13.8 Å². The molecule has 6 saturated carbocycles.